The quantitative estimate of drug-likeness (QED) is 0.836. The van der Waals surface area contributed by atoms with Crippen LogP contribution in [0.1, 0.15) is 38.7 Å². The first-order chi connectivity index (χ1) is 11.7. The summed E-state index contributed by atoms with van der Waals surface area (Å²) in [6.07, 6.45) is 2.46. The van der Waals surface area contributed by atoms with Gasteiger partial charge in [0, 0.05) is 19.6 Å². The minimum atomic E-state index is -3.31. The highest BCUT2D eigenvalue weighted by Crippen LogP contribution is 2.64. The van der Waals surface area contributed by atoms with Crippen molar-refractivity contribution in [2.24, 2.45) is 5.41 Å². The number of halogens is 1. The second-order valence-corrected chi connectivity index (χ2v) is 9.74. The van der Waals surface area contributed by atoms with Gasteiger partial charge in [0.1, 0.15) is 5.82 Å². The van der Waals surface area contributed by atoms with E-state index in [1.54, 1.807) is 12.1 Å². The fourth-order valence-electron chi connectivity index (χ4n) is 3.90. The molecule has 1 aromatic rings. The van der Waals surface area contributed by atoms with Gasteiger partial charge in [-0.1, -0.05) is 26.0 Å². The predicted molar refractivity (Wildman–Crippen MR) is 94.1 cm³/mol. The molecule has 0 unspecified atom stereocenters. The topological polar surface area (TPSA) is 66.5 Å². The molecule has 1 amide bonds. The second-order valence-electron chi connectivity index (χ2n) is 7.65. The first-order valence-corrected chi connectivity index (χ1v) is 10.3. The van der Waals surface area contributed by atoms with Crippen LogP contribution in [0.3, 0.4) is 0 Å². The zero-order valence-corrected chi connectivity index (χ0v) is 15.5. The van der Waals surface area contributed by atoms with Crippen LogP contribution in [0, 0.1) is 11.2 Å². The summed E-state index contributed by atoms with van der Waals surface area (Å²) in [5.41, 5.74) is -0.167. The molecule has 2 aliphatic rings. The Morgan fingerprint density at radius 1 is 1.20 bits per heavy atom. The van der Waals surface area contributed by atoms with Gasteiger partial charge in [-0.05, 0) is 42.4 Å². The van der Waals surface area contributed by atoms with Gasteiger partial charge in [0.2, 0.25) is 15.9 Å². The molecule has 1 saturated carbocycles. The maximum Gasteiger partial charge on any atom is 0.231 e. The number of nitrogens with zero attached hydrogens (tertiary/aromatic N) is 1. The summed E-state index contributed by atoms with van der Waals surface area (Å²) < 4.78 is 39.2. The van der Waals surface area contributed by atoms with Gasteiger partial charge < -0.3 is 5.32 Å². The molecule has 1 aliphatic heterocycles. The Kier molecular flexibility index (Phi) is 4.66. The summed E-state index contributed by atoms with van der Waals surface area (Å²) >= 11 is 0. The zero-order chi connectivity index (χ0) is 18.3. The van der Waals surface area contributed by atoms with E-state index in [-0.39, 0.29) is 29.4 Å². The molecule has 1 N–H and O–H groups in total. The Bertz CT molecular complexity index is 755. The molecule has 25 heavy (non-hydrogen) atoms. The molecule has 2 fully saturated rings. The third-order valence-corrected chi connectivity index (χ3v) is 7.44. The highest BCUT2D eigenvalue weighted by atomic mass is 32.2. The molecule has 1 saturated heterocycles. The van der Waals surface area contributed by atoms with Crippen molar-refractivity contribution in [2.75, 3.05) is 25.4 Å². The van der Waals surface area contributed by atoms with Crippen molar-refractivity contribution >= 4 is 15.9 Å². The highest BCUT2D eigenvalue weighted by Gasteiger charge is 2.66. The number of carbonyl (C=O) groups is 1. The van der Waals surface area contributed by atoms with Gasteiger partial charge in [-0.3, -0.25) is 4.79 Å². The Morgan fingerprint density at radius 3 is 2.28 bits per heavy atom. The maximum absolute atomic E-state index is 13.2. The molecule has 1 aromatic carbocycles. The lowest BCUT2D eigenvalue weighted by molar-refractivity contribution is -0.124. The van der Waals surface area contributed by atoms with E-state index < -0.39 is 15.4 Å². The van der Waals surface area contributed by atoms with E-state index in [1.165, 1.54) is 16.4 Å². The molecule has 1 aliphatic carbocycles. The molecule has 0 spiro atoms. The molecule has 0 bridgehead atoms. The molecule has 0 aromatic heterocycles. The number of benzene rings is 1. The molecule has 0 radical (unpaired) electrons. The third kappa shape index (κ3) is 3.31. The van der Waals surface area contributed by atoms with E-state index in [9.17, 15) is 17.6 Å². The van der Waals surface area contributed by atoms with Crippen molar-refractivity contribution < 1.29 is 17.6 Å². The Labute approximate surface area is 148 Å². The Morgan fingerprint density at radius 2 is 1.76 bits per heavy atom. The zero-order valence-electron chi connectivity index (χ0n) is 14.7. The lowest BCUT2D eigenvalue weighted by atomic mass is 9.87. The largest absolute Gasteiger partial charge is 0.354 e. The summed E-state index contributed by atoms with van der Waals surface area (Å²) in [6.45, 7) is 5.23. The predicted octanol–water partition coefficient (Wildman–Crippen LogP) is 2.04. The van der Waals surface area contributed by atoms with Crippen LogP contribution in [-0.2, 0) is 20.2 Å². The van der Waals surface area contributed by atoms with Crippen LogP contribution in [0.25, 0.3) is 0 Å². The summed E-state index contributed by atoms with van der Waals surface area (Å²) in [7, 11) is -3.31. The number of carbonyl (C=O) groups excluding carboxylic acids is 1. The smallest absolute Gasteiger partial charge is 0.231 e. The average molecular weight is 368 g/mol. The van der Waals surface area contributed by atoms with Crippen LogP contribution in [0.15, 0.2) is 24.3 Å². The molecule has 138 valence electrons. The Hall–Kier alpha value is -1.47. The van der Waals surface area contributed by atoms with E-state index in [4.69, 9.17) is 0 Å². The SMILES string of the molecule is CC1(C)C[C@@]1(C(=O)NCCS(=O)(=O)N1CCCC1)c1ccc(F)cc1. The van der Waals surface area contributed by atoms with E-state index >= 15 is 0 Å². The van der Waals surface area contributed by atoms with E-state index in [2.05, 4.69) is 5.32 Å². The first kappa shape index (κ1) is 18.3. The number of amides is 1. The normalized spacial score (nSPS) is 25.7. The van der Waals surface area contributed by atoms with Crippen molar-refractivity contribution in [1.29, 1.82) is 0 Å². The lowest BCUT2D eigenvalue weighted by Crippen LogP contribution is -2.41. The van der Waals surface area contributed by atoms with Gasteiger partial charge >= 0.3 is 0 Å². The maximum atomic E-state index is 13.2. The molecule has 3 rings (SSSR count). The van der Waals surface area contributed by atoms with Gasteiger partial charge in [-0.15, -0.1) is 0 Å². The third-order valence-electron chi connectivity index (χ3n) is 5.57. The summed E-state index contributed by atoms with van der Waals surface area (Å²) in [5.74, 6) is -0.603. The van der Waals surface area contributed by atoms with Crippen LogP contribution in [0.2, 0.25) is 0 Å². The van der Waals surface area contributed by atoms with Crippen molar-refractivity contribution in [3.63, 3.8) is 0 Å². The summed E-state index contributed by atoms with van der Waals surface area (Å²) in [6, 6.07) is 6.00. The van der Waals surface area contributed by atoms with Gasteiger partial charge in [-0.25, -0.2) is 17.1 Å². The van der Waals surface area contributed by atoms with Crippen LogP contribution >= 0.6 is 0 Å². The number of hydrogen-bond donors (Lipinski definition) is 1. The second kappa shape index (κ2) is 6.36. The average Bonchev–Trinajstić information content (AvgIpc) is 2.92. The number of hydrogen-bond acceptors (Lipinski definition) is 3. The fraction of sp³-hybridized carbons (Fsp3) is 0.611. The lowest BCUT2D eigenvalue weighted by Gasteiger charge is -2.21. The molecular weight excluding hydrogens is 343 g/mol. The fourth-order valence-corrected chi connectivity index (χ4v) is 5.34. The van der Waals surface area contributed by atoms with Crippen LogP contribution in [-0.4, -0.2) is 44.0 Å². The van der Waals surface area contributed by atoms with Crippen molar-refractivity contribution in [2.45, 2.75) is 38.5 Å². The molecule has 1 heterocycles. The standard InChI is InChI=1S/C18H25FN2O3S/c1-17(2)13-18(17,14-5-7-15(19)8-6-14)16(22)20-9-12-25(23,24)21-10-3-4-11-21/h5-8H,3-4,9-13H2,1-2H3,(H,20,22)/t18-/m0/s1. The van der Waals surface area contributed by atoms with Crippen LogP contribution < -0.4 is 5.32 Å². The van der Waals surface area contributed by atoms with Gasteiger partial charge in [0.05, 0.1) is 11.2 Å². The monoisotopic (exact) mass is 368 g/mol. The molecule has 7 heteroatoms. The summed E-state index contributed by atoms with van der Waals surface area (Å²) in [4.78, 5) is 12.8. The number of nitrogens with one attached hydrogen (secondary N) is 1. The molecule has 5 nitrogen and oxygen atoms in total. The van der Waals surface area contributed by atoms with Crippen LogP contribution in [0.4, 0.5) is 4.39 Å². The first-order valence-electron chi connectivity index (χ1n) is 8.71. The van der Waals surface area contributed by atoms with Crippen molar-refractivity contribution in [1.82, 2.24) is 9.62 Å². The number of rotatable bonds is 6. The van der Waals surface area contributed by atoms with E-state index in [1.807, 2.05) is 13.8 Å². The minimum Gasteiger partial charge on any atom is -0.354 e. The van der Waals surface area contributed by atoms with Gasteiger partial charge in [0.25, 0.3) is 0 Å². The van der Waals surface area contributed by atoms with E-state index in [0.29, 0.717) is 19.5 Å². The van der Waals surface area contributed by atoms with Crippen molar-refractivity contribution in [3.8, 4) is 0 Å². The van der Waals surface area contributed by atoms with E-state index in [0.717, 1.165) is 18.4 Å². The van der Waals surface area contributed by atoms with Gasteiger partial charge in [-0.2, -0.15) is 0 Å². The molecular formula is C18H25FN2O3S. The summed E-state index contributed by atoms with van der Waals surface area (Å²) in [5, 5.41) is 2.80. The van der Waals surface area contributed by atoms with Crippen molar-refractivity contribution in [3.05, 3.63) is 35.6 Å². The Balaban J connectivity index is 1.66. The van der Waals surface area contributed by atoms with Crippen LogP contribution in [0.5, 0.6) is 0 Å². The van der Waals surface area contributed by atoms with Gasteiger partial charge in [0.15, 0.2) is 0 Å². The highest BCUT2D eigenvalue weighted by molar-refractivity contribution is 7.89. The molecule has 1 atom stereocenters. The minimum absolute atomic E-state index is 0.0847. The number of sulfonamides is 1.